The normalized spacial score (nSPS) is 13.8. The standard InChI is InChI=1S/C24H25ClN4O3S/c1-2-32-19-8-10-20(11-9-19)33-17-22(30)28-14-12-27(13-15-28)21-16-26-29(24(31)23(21)25)18-6-4-3-5-7-18/h3-11,16H,2,12-15,17H2,1H3. The molecule has 3 aromatic rings. The molecule has 0 radical (unpaired) electrons. The minimum Gasteiger partial charge on any atom is -0.494 e. The summed E-state index contributed by atoms with van der Waals surface area (Å²) >= 11 is 7.94. The van der Waals surface area contributed by atoms with Crippen molar-refractivity contribution in [1.82, 2.24) is 14.7 Å². The number of hydrogen-bond acceptors (Lipinski definition) is 6. The summed E-state index contributed by atoms with van der Waals surface area (Å²) in [6.45, 7) is 4.90. The molecule has 4 rings (SSSR count). The molecule has 1 amide bonds. The second-order valence-electron chi connectivity index (χ2n) is 7.46. The molecule has 7 nitrogen and oxygen atoms in total. The lowest BCUT2D eigenvalue weighted by Crippen LogP contribution is -2.49. The van der Waals surface area contributed by atoms with E-state index in [1.165, 1.54) is 16.4 Å². The Kier molecular flexibility index (Phi) is 7.57. The number of amides is 1. The van der Waals surface area contributed by atoms with E-state index in [4.69, 9.17) is 16.3 Å². The van der Waals surface area contributed by atoms with Crippen LogP contribution in [0, 0.1) is 0 Å². The topological polar surface area (TPSA) is 67.7 Å². The van der Waals surface area contributed by atoms with Gasteiger partial charge >= 0.3 is 0 Å². The molecule has 0 saturated carbocycles. The Morgan fingerprint density at radius 1 is 1.06 bits per heavy atom. The van der Waals surface area contributed by atoms with Crippen LogP contribution in [0.4, 0.5) is 5.69 Å². The van der Waals surface area contributed by atoms with E-state index in [0.29, 0.717) is 49.9 Å². The van der Waals surface area contributed by atoms with Gasteiger partial charge in [0.2, 0.25) is 5.91 Å². The van der Waals surface area contributed by atoms with Gasteiger partial charge in [0, 0.05) is 31.1 Å². The molecule has 0 N–H and O–H groups in total. The van der Waals surface area contributed by atoms with Crippen LogP contribution in [0.2, 0.25) is 5.02 Å². The quantitative estimate of drug-likeness (QED) is 0.476. The van der Waals surface area contributed by atoms with Crippen LogP contribution in [-0.2, 0) is 4.79 Å². The number of anilines is 1. The lowest BCUT2D eigenvalue weighted by Gasteiger charge is -2.36. The maximum absolute atomic E-state index is 12.7. The van der Waals surface area contributed by atoms with Crippen molar-refractivity contribution in [2.24, 2.45) is 0 Å². The third kappa shape index (κ3) is 5.51. The SMILES string of the molecule is CCOc1ccc(SCC(=O)N2CCN(c3cnn(-c4ccccc4)c(=O)c3Cl)CC2)cc1. The average Bonchev–Trinajstić information content (AvgIpc) is 2.86. The second kappa shape index (κ2) is 10.8. The van der Waals surface area contributed by atoms with Crippen molar-refractivity contribution in [1.29, 1.82) is 0 Å². The Balaban J connectivity index is 1.33. The minimum atomic E-state index is -0.356. The Hall–Kier alpha value is -2.97. The van der Waals surface area contributed by atoms with Gasteiger partial charge < -0.3 is 14.5 Å². The van der Waals surface area contributed by atoms with Crippen LogP contribution < -0.4 is 15.2 Å². The monoisotopic (exact) mass is 484 g/mol. The van der Waals surface area contributed by atoms with Gasteiger partial charge in [0.25, 0.3) is 5.56 Å². The van der Waals surface area contributed by atoms with Gasteiger partial charge in [-0.05, 0) is 43.3 Å². The summed E-state index contributed by atoms with van der Waals surface area (Å²) in [7, 11) is 0. The van der Waals surface area contributed by atoms with Crippen molar-refractivity contribution < 1.29 is 9.53 Å². The van der Waals surface area contributed by atoms with E-state index in [-0.39, 0.29) is 16.5 Å². The van der Waals surface area contributed by atoms with E-state index in [2.05, 4.69) is 5.10 Å². The predicted octanol–water partition coefficient (Wildman–Crippen LogP) is 3.73. The van der Waals surface area contributed by atoms with Gasteiger partial charge in [-0.2, -0.15) is 9.78 Å². The van der Waals surface area contributed by atoms with Crippen LogP contribution in [0.3, 0.4) is 0 Å². The molecule has 0 bridgehead atoms. The Labute approximate surface area is 201 Å². The highest BCUT2D eigenvalue weighted by molar-refractivity contribution is 8.00. The molecule has 0 spiro atoms. The zero-order chi connectivity index (χ0) is 23.2. The molecule has 1 saturated heterocycles. The van der Waals surface area contributed by atoms with E-state index in [9.17, 15) is 9.59 Å². The molecular formula is C24H25ClN4O3S. The smallest absolute Gasteiger partial charge is 0.292 e. The number of benzene rings is 2. The highest BCUT2D eigenvalue weighted by Crippen LogP contribution is 2.25. The molecule has 9 heteroatoms. The summed E-state index contributed by atoms with van der Waals surface area (Å²) in [4.78, 5) is 30.3. The maximum atomic E-state index is 12.7. The molecule has 2 heterocycles. The summed E-state index contributed by atoms with van der Waals surface area (Å²) in [5.41, 5.74) is 0.909. The van der Waals surface area contributed by atoms with E-state index >= 15 is 0 Å². The van der Waals surface area contributed by atoms with E-state index in [0.717, 1.165) is 10.6 Å². The van der Waals surface area contributed by atoms with Gasteiger partial charge in [0.1, 0.15) is 10.8 Å². The van der Waals surface area contributed by atoms with Crippen LogP contribution in [0.25, 0.3) is 5.69 Å². The van der Waals surface area contributed by atoms with Gasteiger partial charge in [-0.25, -0.2) is 0 Å². The third-order valence-electron chi connectivity index (χ3n) is 5.37. The van der Waals surface area contributed by atoms with Crippen molar-refractivity contribution in [3.05, 3.63) is 76.2 Å². The van der Waals surface area contributed by atoms with Crippen molar-refractivity contribution in [3.8, 4) is 11.4 Å². The summed E-state index contributed by atoms with van der Waals surface area (Å²) < 4.78 is 6.74. The Morgan fingerprint density at radius 3 is 2.42 bits per heavy atom. The van der Waals surface area contributed by atoms with Crippen LogP contribution in [0.1, 0.15) is 6.92 Å². The van der Waals surface area contributed by atoms with Crippen LogP contribution >= 0.6 is 23.4 Å². The van der Waals surface area contributed by atoms with Crippen molar-refractivity contribution in [2.75, 3.05) is 43.4 Å². The molecule has 1 fully saturated rings. The summed E-state index contributed by atoms with van der Waals surface area (Å²) in [6.07, 6.45) is 1.62. The number of thioether (sulfide) groups is 1. The molecule has 0 unspecified atom stereocenters. The van der Waals surface area contributed by atoms with E-state index in [1.807, 2.05) is 59.2 Å². The highest BCUT2D eigenvalue weighted by atomic mass is 35.5. The fraction of sp³-hybridized carbons (Fsp3) is 0.292. The number of halogens is 1. The number of nitrogens with zero attached hydrogens (tertiary/aromatic N) is 4. The van der Waals surface area contributed by atoms with Gasteiger partial charge in [0.15, 0.2) is 0 Å². The molecule has 0 aliphatic carbocycles. The first-order chi connectivity index (χ1) is 16.1. The van der Waals surface area contributed by atoms with Crippen molar-refractivity contribution in [2.45, 2.75) is 11.8 Å². The van der Waals surface area contributed by atoms with Gasteiger partial charge in [-0.1, -0.05) is 29.8 Å². The maximum Gasteiger partial charge on any atom is 0.292 e. The lowest BCUT2D eigenvalue weighted by molar-refractivity contribution is -0.128. The first-order valence-corrected chi connectivity index (χ1v) is 12.1. The van der Waals surface area contributed by atoms with Crippen molar-refractivity contribution >= 4 is 35.0 Å². The molecule has 1 aliphatic rings. The Morgan fingerprint density at radius 2 is 1.76 bits per heavy atom. The number of piperazine rings is 1. The molecule has 33 heavy (non-hydrogen) atoms. The van der Waals surface area contributed by atoms with Crippen LogP contribution in [-0.4, -0.2) is 59.1 Å². The highest BCUT2D eigenvalue weighted by Gasteiger charge is 2.24. The number of aromatic nitrogens is 2. The fourth-order valence-corrected chi connectivity index (χ4v) is 4.68. The number of carbonyl (C=O) groups is 1. The van der Waals surface area contributed by atoms with Crippen LogP contribution in [0.5, 0.6) is 5.75 Å². The van der Waals surface area contributed by atoms with Gasteiger partial charge in [-0.3, -0.25) is 9.59 Å². The Bertz CT molecular complexity index is 1150. The van der Waals surface area contributed by atoms with E-state index in [1.54, 1.807) is 18.3 Å². The molecule has 1 aliphatic heterocycles. The average molecular weight is 485 g/mol. The number of hydrogen-bond donors (Lipinski definition) is 0. The van der Waals surface area contributed by atoms with Gasteiger partial charge in [-0.15, -0.1) is 11.8 Å². The second-order valence-corrected chi connectivity index (χ2v) is 8.88. The minimum absolute atomic E-state index is 0.0947. The van der Waals surface area contributed by atoms with Gasteiger partial charge in [0.05, 0.1) is 29.9 Å². The number of para-hydroxylation sites is 1. The first-order valence-electron chi connectivity index (χ1n) is 10.8. The van der Waals surface area contributed by atoms with Crippen molar-refractivity contribution in [3.63, 3.8) is 0 Å². The predicted molar refractivity (Wildman–Crippen MR) is 132 cm³/mol. The third-order valence-corrected chi connectivity index (χ3v) is 6.72. The molecule has 2 aromatic carbocycles. The zero-order valence-corrected chi connectivity index (χ0v) is 19.9. The zero-order valence-electron chi connectivity index (χ0n) is 18.3. The first kappa shape index (κ1) is 23.2. The number of carbonyl (C=O) groups excluding carboxylic acids is 1. The summed E-state index contributed by atoms with van der Waals surface area (Å²) in [6, 6.07) is 16.9. The summed E-state index contributed by atoms with van der Waals surface area (Å²) in [5, 5.41) is 4.44. The van der Waals surface area contributed by atoms with Crippen LogP contribution in [0.15, 0.2) is 70.5 Å². The molecule has 0 atom stereocenters. The largest absolute Gasteiger partial charge is 0.494 e. The number of rotatable bonds is 7. The molecular weight excluding hydrogens is 460 g/mol. The lowest BCUT2D eigenvalue weighted by atomic mass is 10.2. The molecule has 1 aromatic heterocycles. The molecule has 172 valence electrons. The fourth-order valence-electron chi connectivity index (χ4n) is 3.63. The summed E-state index contributed by atoms with van der Waals surface area (Å²) in [5.74, 6) is 1.30. The van der Waals surface area contributed by atoms with E-state index < -0.39 is 0 Å². The number of ether oxygens (including phenoxy) is 1.